The average Bonchev–Trinajstić information content (AvgIpc) is 2.80. The Morgan fingerprint density at radius 1 is 0.548 bits per heavy atom. The molecule has 0 spiro atoms. The predicted molar refractivity (Wildman–Crippen MR) is 119 cm³/mol. The molecule has 0 aliphatic carbocycles. The SMILES string of the molecule is Oc1ccccc1/C=N/c1ccccn1.Oc1ccccc1/C=N/c1ccccn1.[Cu]. The van der Waals surface area contributed by atoms with E-state index in [0.29, 0.717) is 22.8 Å². The van der Waals surface area contributed by atoms with Crippen LogP contribution in [0.1, 0.15) is 11.1 Å². The molecule has 0 saturated heterocycles. The standard InChI is InChI=1S/2C12H10N2O.Cu/c2*15-11-6-2-1-5-10(11)9-14-12-7-3-4-8-13-12;/h2*1-9,15H;/b2*14-9+;. The van der Waals surface area contributed by atoms with E-state index in [-0.39, 0.29) is 28.6 Å². The van der Waals surface area contributed by atoms with Gasteiger partial charge in [0, 0.05) is 53.0 Å². The second kappa shape index (κ2) is 12.7. The number of para-hydroxylation sites is 2. The zero-order valence-electron chi connectivity index (χ0n) is 16.4. The summed E-state index contributed by atoms with van der Waals surface area (Å²) in [5.74, 6) is 1.69. The van der Waals surface area contributed by atoms with E-state index in [1.54, 1.807) is 73.4 Å². The summed E-state index contributed by atoms with van der Waals surface area (Å²) in [6.45, 7) is 0. The molecule has 4 rings (SSSR count). The monoisotopic (exact) mass is 459 g/mol. The van der Waals surface area contributed by atoms with Gasteiger partial charge in [0.05, 0.1) is 0 Å². The molecule has 6 nitrogen and oxygen atoms in total. The molecule has 2 N–H and O–H groups in total. The number of phenols is 2. The number of aromatic nitrogens is 2. The second-order valence-electron chi connectivity index (χ2n) is 6.01. The van der Waals surface area contributed by atoms with Gasteiger partial charge in [-0.15, -0.1) is 0 Å². The summed E-state index contributed by atoms with van der Waals surface area (Å²) < 4.78 is 0. The van der Waals surface area contributed by atoms with Gasteiger partial charge in [-0.05, 0) is 48.5 Å². The molecule has 4 aromatic rings. The predicted octanol–water partition coefficient (Wildman–Crippen LogP) is 5.07. The molecular formula is C24H20CuN4O2. The molecular weight excluding hydrogens is 440 g/mol. The Balaban J connectivity index is 0.000000213. The van der Waals surface area contributed by atoms with Gasteiger partial charge in [-0.2, -0.15) is 0 Å². The van der Waals surface area contributed by atoms with E-state index in [1.807, 2.05) is 36.4 Å². The van der Waals surface area contributed by atoms with Crippen molar-refractivity contribution in [3.8, 4) is 11.5 Å². The Kier molecular flexibility index (Phi) is 9.62. The van der Waals surface area contributed by atoms with Crippen LogP contribution in [-0.4, -0.2) is 32.6 Å². The van der Waals surface area contributed by atoms with Gasteiger partial charge in [0.25, 0.3) is 0 Å². The van der Waals surface area contributed by atoms with E-state index < -0.39 is 0 Å². The molecule has 7 heteroatoms. The van der Waals surface area contributed by atoms with Gasteiger partial charge < -0.3 is 10.2 Å². The first kappa shape index (κ1) is 23.5. The average molecular weight is 460 g/mol. The number of rotatable bonds is 4. The summed E-state index contributed by atoms with van der Waals surface area (Å²) in [5.41, 5.74) is 1.37. The number of aromatic hydroxyl groups is 2. The summed E-state index contributed by atoms with van der Waals surface area (Å²) in [5, 5.41) is 19.0. The fraction of sp³-hybridized carbons (Fsp3) is 0. The van der Waals surface area contributed by atoms with E-state index >= 15 is 0 Å². The van der Waals surface area contributed by atoms with Gasteiger partial charge in [-0.3, -0.25) is 0 Å². The minimum Gasteiger partial charge on any atom is -0.507 e. The van der Waals surface area contributed by atoms with Crippen molar-refractivity contribution in [2.24, 2.45) is 9.98 Å². The molecule has 31 heavy (non-hydrogen) atoms. The summed E-state index contributed by atoms with van der Waals surface area (Å²) >= 11 is 0. The number of benzene rings is 2. The molecule has 0 atom stereocenters. The normalized spacial score (nSPS) is 10.3. The Morgan fingerprint density at radius 3 is 1.29 bits per heavy atom. The van der Waals surface area contributed by atoms with Crippen molar-refractivity contribution in [2.45, 2.75) is 0 Å². The van der Waals surface area contributed by atoms with Crippen molar-refractivity contribution >= 4 is 24.1 Å². The molecule has 0 unspecified atom stereocenters. The third kappa shape index (κ3) is 7.85. The summed E-state index contributed by atoms with van der Waals surface area (Å²) in [4.78, 5) is 16.4. The Morgan fingerprint density at radius 2 is 0.935 bits per heavy atom. The summed E-state index contributed by atoms with van der Waals surface area (Å²) in [6, 6.07) is 25.1. The molecule has 159 valence electrons. The Labute approximate surface area is 191 Å². The van der Waals surface area contributed by atoms with Gasteiger partial charge in [0.15, 0.2) is 11.6 Å². The van der Waals surface area contributed by atoms with Gasteiger partial charge in [0.2, 0.25) is 0 Å². The third-order valence-corrected chi connectivity index (χ3v) is 3.84. The maximum Gasteiger partial charge on any atom is 0.151 e. The molecule has 0 aliphatic rings. The molecule has 0 saturated carbocycles. The number of hydrogen-bond donors (Lipinski definition) is 2. The smallest absolute Gasteiger partial charge is 0.151 e. The van der Waals surface area contributed by atoms with Crippen LogP contribution in [0.4, 0.5) is 11.6 Å². The fourth-order valence-electron chi connectivity index (χ4n) is 2.32. The molecule has 2 heterocycles. The molecule has 0 aliphatic heterocycles. The first-order valence-electron chi connectivity index (χ1n) is 9.18. The second-order valence-corrected chi connectivity index (χ2v) is 6.01. The van der Waals surface area contributed by atoms with Crippen molar-refractivity contribution in [1.82, 2.24) is 9.97 Å². The van der Waals surface area contributed by atoms with Crippen molar-refractivity contribution in [2.75, 3.05) is 0 Å². The van der Waals surface area contributed by atoms with Crippen LogP contribution in [0.2, 0.25) is 0 Å². The number of hydrogen-bond acceptors (Lipinski definition) is 6. The van der Waals surface area contributed by atoms with Crippen molar-refractivity contribution in [3.63, 3.8) is 0 Å². The van der Waals surface area contributed by atoms with Crippen molar-refractivity contribution in [1.29, 1.82) is 0 Å². The maximum atomic E-state index is 9.48. The first-order valence-corrected chi connectivity index (χ1v) is 9.18. The molecule has 2 aromatic carbocycles. The number of aliphatic imine (C=N–C) groups is 2. The van der Waals surface area contributed by atoms with Crippen LogP contribution in [0.15, 0.2) is 107 Å². The Bertz CT molecular complexity index is 1030. The number of pyridine rings is 2. The van der Waals surface area contributed by atoms with Gasteiger partial charge in [-0.1, -0.05) is 36.4 Å². The van der Waals surface area contributed by atoms with Crippen LogP contribution < -0.4 is 0 Å². The van der Waals surface area contributed by atoms with E-state index in [9.17, 15) is 10.2 Å². The van der Waals surface area contributed by atoms with Crippen LogP contribution >= 0.6 is 0 Å². The maximum absolute atomic E-state index is 9.48. The van der Waals surface area contributed by atoms with Crippen LogP contribution in [-0.2, 0) is 17.1 Å². The van der Waals surface area contributed by atoms with E-state index in [1.165, 1.54) is 0 Å². The largest absolute Gasteiger partial charge is 0.507 e. The molecule has 0 amide bonds. The Hall–Kier alpha value is -3.80. The van der Waals surface area contributed by atoms with Crippen LogP contribution in [0.3, 0.4) is 0 Å². The zero-order chi connectivity index (χ0) is 21.0. The first-order chi connectivity index (χ1) is 14.7. The third-order valence-electron chi connectivity index (χ3n) is 3.84. The molecule has 0 fully saturated rings. The number of nitrogens with zero attached hydrogens (tertiary/aromatic N) is 4. The van der Waals surface area contributed by atoms with Crippen LogP contribution in [0.5, 0.6) is 11.5 Å². The topological polar surface area (TPSA) is 91.0 Å². The van der Waals surface area contributed by atoms with E-state index in [4.69, 9.17) is 0 Å². The summed E-state index contributed by atoms with van der Waals surface area (Å²) in [7, 11) is 0. The minimum absolute atomic E-state index is 0. The minimum atomic E-state index is 0. The van der Waals surface area contributed by atoms with Crippen LogP contribution in [0.25, 0.3) is 0 Å². The van der Waals surface area contributed by atoms with Gasteiger partial charge in [0.1, 0.15) is 11.5 Å². The number of phenolic OH excluding ortho intramolecular Hbond substituents is 2. The van der Waals surface area contributed by atoms with Gasteiger partial charge >= 0.3 is 0 Å². The molecule has 0 bridgehead atoms. The van der Waals surface area contributed by atoms with E-state index in [0.717, 1.165) is 0 Å². The zero-order valence-corrected chi connectivity index (χ0v) is 17.3. The van der Waals surface area contributed by atoms with E-state index in [2.05, 4.69) is 20.0 Å². The summed E-state index contributed by atoms with van der Waals surface area (Å²) in [6.07, 6.45) is 6.55. The van der Waals surface area contributed by atoms with Crippen LogP contribution in [0, 0.1) is 0 Å². The van der Waals surface area contributed by atoms with Gasteiger partial charge in [-0.25, -0.2) is 20.0 Å². The molecule has 2 aromatic heterocycles. The van der Waals surface area contributed by atoms with Crippen molar-refractivity contribution < 1.29 is 27.3 Å². The van der Waals surface area contributed by atoms with Crippen molar-refractivity contribution in [3.05, 3.63) is 108 Å². The molecule has 1 radical (unpaired) electrons. The quantitative estimate of drug-likeness (QED) is 0.329. The fourth-order valence-corrected chi connectivity index (χ4v) is 2.32.